The maximum Gasteiger partial charge on any atom is 0.251 e. The molecule has 0 bridgehead atoms. The fraction of sp³-hybridized carbons (Fsp3) is 0.524. The van der Waals surface area contributed by atoms with Crippen molar-refractivity contribution in [3.8, 4) is 0 Å². The van der Waals surface area contributed by atoms with E-state index in [1.165, 1.54) is 47.9 Å². The molecule has 9 nitrogen and oxygen atoms in total. The van der Waals surface area contributed by atoms with E-state index in [9.17, 15) is 28.7 Å². The van der Waals surface area contributed by atoms with Crippen LogP contribution in [0.25, 0.3) is 0 Å². The first-order valence-corrected chi connectivity index (χ1v) is 11.6. The van der Waals surface area contributed by atoms with Crippen molar-refractivity contribution in [2.24, 2.45) is 5.73 Å². The van der Waals surface area contributed by atoms with Crippen molar-refractivity contribution < 1.29 is 28.7 Å². The number of hydrogen-bond acceptors (Lipinski definition) is 6. The number of piperidine rings is 1. The van der Waals surface area contributed by atoms with Gasteiger partial charge >= 0.3 is 0 Å². The minimum atomic E-state index is -1.31. The maximum absolute atomic E-state index is 13.1. The number of primary amides is 1. The van der Waals surface area contributed by atoms with E-state index in [0.29, 0.717) is 12.0 Å². The molecule has 32 heavy (non-hydrogen) atoms. The largest absolute Gasteiger partial charge is 0.384 e. The summed E-state index contributed by atoms with van der Waals surface area (Å²) in [4.78, 5) is 50.7. The fourth-order valence-electron chi connectivity index (χ4n) is 3.60. The highest BCUT2D eigenvalue weighted by Gasteiger charge is 2.38. The van der Waals surface area contributed by atoms with E-state index in [1.54, 1.807) is 6.26 Å². The SMILES string of the molecule is CSCC(=O)N[C@H]1CCN(C(=O)[C@H](C)O)[C@H](C(=O)N[C@@H](Cc2ccc(F)cc2)C(N)=O)C1. The van der Waals surface area contributed by atoms with Gasteiger partial charge in [0.1, 0.15) is 24.0 Å². The number of amides is 4. The van der Waals surface area contributed by atoms with Gasteiger partial charge in [-0.05, 0) is 43.7 Å². The Labute approximate surface area is 190 Å². The van der Waals surface area contributed by atoms with Gasteiger partial charge in [0.2, 0.25) is 17.7 Å². The monoisotopic (exact) mass is 468 g/mol. The molecule has 1 heterocycles. The Morgan fingerprint density at radius 2 is 1.94 bits per heavy atom. The fourth-order valence-corrected chi connectivity index (χ4v) is 3.94. The molecule has 0 radical (unpaired) electrons. The Morgan fingerprint density at radius 3 is 2.50 bits per heavy atom. The minimum Gasteiger partial charge on any atom is -0.384 e. The third-order valence-electron chi connectivity index (χ3n) is 5.20. The molecule has 2 rings (SSSR count). The molecule has 1 aliphatic heterocycles. The van der Waals surface area contributed by atoms with Crippen LogP contribution in [0.15, 0.2) is 24.3 Å². The molecular formula is C21H29FN4O5S. The van der Waals surface area contributed by atoms with Crippen LogP contribution in [0.2, 0.25) is 0 Å². The molecule has 0 spiro atoms. The minimum absolute atomic E-state index is 0.0479. The third kappa shape index (κ3) is 7.20. The number of carbonyl (C=O) groups excluding carboxylic acids is 4. The summed E-state index contributed by atoms with van der Waals surface area (Å²) in [6.07, 6.45) is 1.10. The standard InChI is InChI=1S/C21H29FN4O5S/c1-12(27)21(31)26-8-7-15(24-18(28)11-32-2)10-17(26)20(30)25-16(19(23)29)9-13-3-5-14(22)6-4-13/h3-6,12,15-17,27H,7-11H2,1-2H3,(H2,23,29)(H,24,28)(H,25,30)/t12-,15-,16-,17-/m0/s1. The van der Waals surface area contributed by atoms with Crippen molar-refractivity contribution in [1.29, 1.82) is 0 Å². The maximum atomic E-state index is 13.1. The molecule has 1 aromatic rings. The molecule has 4 atom stereocenters. The van der Waals surface area contributed by atoms with E-state index < -0.39 is 41.7 Å². The zero-order valence-electron chi connectivity index (χ0n) is 18.0. The molecule has 4 amide bonds. The van der Waals surface area contributed by atoms with E-state index in [4.69, 9.17) is 5.73 Å². The van der Waals surface area contributed by atoms with Crippen LogP contribution in [0.4, 0.5) is 4.39 Å². The summed E-state index contributed by atoms with van der Waals surface area (Å²) in [5.41, 5.74) is 6.05. The quantitative estimate of drug-likeness (QED) is 0.387. The van der Waals surface area contributed by atoms with Crippen molar-refractivity contribution >= 4 is 35.4 Å². The Kier molecular flexibility index (Phi) is 9.45. The lowest BCUT2D eigenvalue weighted by Crippen LogP contribution is -2.61. The molecular weight excluding hydrogens is 439 g/mol. The first-order valence-electron chi connectivity index (χ1n) is 10.2. The molecule has 1 aliphatic rings. The van der Waals surface area contributed by atoms with Gasteiger partial charge in [0.15, 0.2) is 0 Å². The number of nitrogens with two attached hydrogens (primary N) is 1. The van der Waals surface area contributed by atoms with Crippen LogP contribution in [0.3, 0.4) is 0 Å². The lowest BCUT2D eigenvalue weighted by atomic mass is 9.95. The predicted molar refractivity (Wildman–Crippen MR) is 118 cm³/mol. The van der Waals surface area contributed by atoms with Gasteiger partial charge in [-0.25, -0.2) is 4.39 Å². The number of likely N-dealkylation sites (tertiary alicyclic amines) is 1. The number of nitrogens with zero attached hydrogens (tertiary/aromatic N) is 1. The number of nitrogens with one attached hydrogen (secondary N) is 2. The van der Waals surface area contributed by atoms with Crippen molar-refractivity contribution in [2.75, 3.05) is 18.6 Å². The normalized spacial score (nSPS) is 20.2. The Bertz CT molecular complexity index is 836. The van der Waals surface area contributed by atoms with E-state index in [-0.39, 0.29) is 37.1 Å². The highest BCUT2D eigenvalue weighted by molar-refractivity contribution is 7.99. The molecule has 176 valence electrons. The van der Waals surface area contributed by atoms with E-state index in [0.717, 1.165) is 0 Å². The summed E-state index contributed by atoms with van der Waals surface area (Å²) in [5.74, 6) is -2.36. The number of halogens is 1. The molecule has 1 aromatic carbocycles. The second-order valence-electron chi connectivity index (χ2n) is 7.74. The number of hydrogen-bond donors (Lipinski definition) is 4. The molecule has 1 saturated heterocycles. The van der Waals surface area contributed by atoms with Gasteiger partial charge in [-0.1, -0.05) is 12.1 Å². The van der Waals surface area contributed by atoms with E-state index >= 15 is 0 Å². The second kappa shape index (κ2) is 11.8. The molecule has 0 saturated carbocycles. The number of aliphatic hydroxyl groups excluding tert-OH is 1. The van der Waals surface area contributed by atoms with Crippen LogP contribution < -0.4 is 16.4 Å². The van der Waals surface area contributed by atoms with Crippen LogP contribution in [0.1, 0.15) is 25.3 Å². The van der Waals surface area contributed by atoms with Gasteiger partial charge in [-0.15, -0.1) is 0 Å². The second-order valence-corrected chi connectivity index (χ2v) is 8.61. The summed E-state index contributed by atoms with van der Waals surface area (Å²) in [5, 5.41) is 15.2. The molecule has 11 heteroatoms. The molecule has 0 aromatic heterocycles. The summed E-state index contributed by atoms with van der Waals surface area (Å²) in [6.45, 7) is 1.47. The first kappa shape index (κ1) is 25.6. The van der Waals surface area contributed by atoms with Crippen molar-refractivity contribution in [2.45, 2.75) is 50.4 Å². The highest BCUT2D eigenvalue weighted by atomic mass is 32.2. The smallest absolute Gasteiger partial charge is 0.251 e. The zero-order valence-corrected chi connectivity index (χ0v) is 18.9. The number of benzene rings is 1. The van der Waals surface area contributed by atoms with Crippen molar-refractivity contribution in [3.05, 3.63) is 35.6 Å². The molecule has 1 fully saturated rings. The number of thioether (sulfide) groups is 1. The van der Waals surface area contributed by atoms with Gasteiger partial charge in [-0.3, -0.25) is 19.2 Å². The number of carbonyl (C=O) groups is 4. The lowest BCUT2D eigenvalue weighted by molar-refractivity contribution is -0.149. The molecule has 5 N–H and O–H groups in total. The average Bonchev–Trinajstić information content (AvgIpc) is 2.74. The van der Waals surface area contributed by atoms with Crippen LogP contribution in [0, 0.1) is 5.82 Å². The van der Waals surface area contributed by atoms with Crippen molar-refractivity contribution in [3.63, 3.8) is 0 Å². The van der Waals surface area contributed by atoms with Crippen LogP contribution in [-0.4, -0.2) is 76.4 Å². The summed E-state index contributed by atoms with van der Waals surface area (Å²) in [6, 6.07) is 3.02. The molecule has 0 unspecified atom stereocenters. The van der Waals surface area contributed by atoms with Crippen LogP contribution >= 0.6 is 11.8 Å². The van der Waals surface area contributed by atoms with E-state index in [2.05, 4.69) is 10.6 Å². The van der Waals surface area contributed by atoms with Gasteiger partial charge in [-0.2, -0.15) is 11.8 Å². The van der Waals surface area contributed by atoms with Gasteiger partial charge in [0, 0.05) is 19.0 Å². The average molecular weight is 469 g/mol. The lowest BCUT2D eigenvalue weighted by Gasteiger charge is -2.39. The number of rotatable bonds is 9. The van der Waals surface area contributed by atoms with Gasteiger partial charge in [0.05, 0.1) is 5.75 Å². The Hall–Kier alpha value is -2.66. The van der Waals surface area contributed by atoms with Gasteiger partial charge in [0.25, 0.3) is 5.91 Å². The third-order valence-corrected chi connectivity index (χ3v) is 5.75. The van der Waals surface area contributed by atoms with Crippen LogP contribution in [-0.2, 0) is 25.6 Å². The summed E-state index contributed by atoms with van der Waals surface area (Å²) >= 11 is 1.36. The Morgan fingerprint density at radius 1 is 1.28 bits per heavy atom. The number of aliphatic hydroxyl groups is 1. The van der Waals surface area contributed by atoms with Gasteiger partial charge < -0.3 is 26.4 Å². The highest BCUT2D eigenvalue weighted by Crippen LogP contribution is 2.20. The Balaban J connectivity index is 2.16. The zero-order chi connectivity index (χ0) is 23.8. The first-order chi connectivity index (χ1) is 15.1. The topological polar surface area (TPSA) is 142 Å². The predicted octanol–water partition coefficient (Wildman–Crippen LogP) is -0.442. The summed E-state index contributed by atoms with van der Waals surface area (Å²) < 4.78 is 13.1. The van der Waals surface area contributed by atoms with Crippen molar-refractivity contribution in [1.82, 2.24) is 15.5 Å². The molecule has 0 aliphatic carbocycles. The van der Waals surface area contributed by atoms with E-state index in [1.807, 2.05) is 0 Å². The summed E-state index contributed by atoms with van der Waals surface area (Å²) in [7, 11) is 0. The van der Waals surface area contributed by atoms with Crippen LogP contribution in [0.5, 0.6) is 0 Å².